The largest absolute Gasteiger partial charge is 0.481 e. The number of para-hydroxylation sites is 1. The summed E-state index contributed by atoms with van der Waals surface area (Å²) in [5, 5.41) is 3.51. The number of nitrogens with one attached hydrogen (secondary N) is 1. The SMILES string of the molecule is C#CCOc1ccc(Br)cc1[C@H]1Nc2ccccc2C(=O)N1C1CC1. The van der Waals surface area contributed by atoms with Crippen LogP contribution >= 0.6 is 15.9 Å². The normalized spacial score (nSPS) is 19.0. The fourth-order valence-corrected chi connectivity index (χ4v) is 3.59. The van der Waals surface area contributed by atoms with Gasteiger partial charge >= 0.3 is 0 Å². The minimum Gasteiger partial charge on any atom is -0.481 e. The van der Waals surface area contributed by atoms with E-state index >= 15 is 0 Å². The van der Waals surface area contributed by atoms with Crippen LogP contribution in [0.5, 0.6) is 5.75 Å². The maximum atomic E-state index is 13.1. The highest BCUT2D eigenvalue weighted by Gasteiger charge is 2.42. The van der Waals surface area contributed by atoms with Crippen molar-refractivity contribution < 1.29 is 9.53 Å². The van der Waals surface area contributed by atoms with Crippen LogP contribution in [-0.4, -0.2) is 23.5 Å². The Morgan fingerprint density at radius 2 is 2.08 bits per heavy atom. The molecule has 0 bridgehead atoms. The molecule has 1 fully saturated rings. The van der Waals surface area contributed by atoms with Crippen molar-refractivity contribution in [2.24, 2.45) is 0 Å². The fraction of sp³-hybridized carbons (Fsp3) is 0.250. The van der Waals surface area contributed by atoms with Crippen LogP contribution < -0.4 is 10.1 Å². The minimum atomic E-state index is -0.278. The number of fused-ring (bicyclic) bond motifs is 1. The van der Waals surface area contributed by atoms with Crippen LogP contribution in [0.2, 0.25) is 0 Å². The standard InChI is InChI=1S/C20H17BrN2O2/c1-2-11-25-18-10-7-13(21)12-16(18)19-22-17-6-4-3-5-15(17)20(24)23(19)14-8-9-14/h1,3-7,10,12,14,19,22H,8-9,11H2/t19-/m0/s1. The van der Waals surface area contributed by atoms with Crippen molar-refractivity contribution in [2.45, 2.75) is 25.0 Å². The van der Waals surface area contributed by atoms with Crippen LogP contribution in [0, 0.1) is 12.3 Å². The van der Waals surface area contributed by atoms with Gasteiger partial charge in [-0.25, -0.2) is 0 Å². The molecule has 0 radical (unpaired) electrons. The van der Waals surface area contributed by atoms with Gasteiger partial charge < -0.3 is 15.0 Å². The lowest BCUT2D eigenvalue weighted by atomic mass is 10.0. The maximum absolute atomic E-state index is 13.1. The van der Waals surface area contributed by atoms with Gasteiger partial charge in [-0.2, -0.15) is 0 Å². The number of ether oxygens (including phenoxy) is 1. The molecule has 1 N–H and O–H groups in total. The van der Waals surface area contributed by atoms with Gasteiger partial charge in [0.05, 0.1) is 5.56 Å². The lowest BCUT2D eigenvalue weighted by molar-refractivity contribution is 0.0664. The number of hydrogen-bond acceptors (Lipinski definition) is 3. The number of halogens is 1. The molecule has 2 aliphatic rings. The van der Waals surface area contributed by atoms with Gasteiger partial charge in [-0.3, -0.25) is 4.79 Å². The Morgan fingerprint density at radius 1 is 1.28 bits per heavy atom. The van der Waals surface area contributed by atoms with Crippen molar-refractivity contribution in [3.8, 4) is 18.1 Å². The highest BCUT2D eigenvalue weighted by Crippen LogP contribution is 2.43. The zero-order chi connectivity index (χ0) is 17.4. The molecule has 1 aliphatic carbocycles. The monoisotopic (exact) mass is 396 g/mol. The molecule has 126 valence electrons. The molecule has 0 spiro atoms. The number of amides is 1. The maximum Gasteiger partial charge on any atom is 0.258 e. The molecular formula is C20H17BrN2O2. The van der Waals surface area contributed by atoms with Crippen LogP contribution in [0.3, 0.4) is 0 Å². The summed E-state index contributed by atoms with van der Waals surface area (Å²) in [5.41, 5.74) is 2.46. The number of anilines is 1. The quantitative estimate of drug-likeness (QED) is 0.787. The molecule has 0 saturated heterocycles. The van der Waals surface area contributed by atoms with Crippen molar-refractivity contribution in [3.05, 3.63) is 58.1 Å². The second-order valence-electron chi connectivity index (χ2n) is 6.21. The molecule has 2 aromatic rings. The number of rotatable bonds is 4. The van der Waals surface area contributed by atoms with Crippen molar-refractivity contribution in [1.82, 2.24) is 4.90 Å². The Labute approximate surface area is 155 Å². The number of hydrogen-bond donors (Lipinski definition) is 1. The lowest BCUT2D eigenvalue weighted by Gasteiger charge is -2.39. The molecule has 1 amide bonds. The molecule has 25 heavy (non-hydrogen) atoms. The smallest absolute Gasteiger partial charge is 0.258 e. The number of benzene rings is 2. The third kappa shape index (κ3) is 2.98. The predicted molar refractivity (Wildman–Crippen MR) is 100 cm³/mol. The number of carbonyl (C=O) groups is 1. The van der Waals surface area contributed by atoms with Gasteiger partial charge in [0.15, 0.2) is 0 Å². The van der Waals surface area contributed by atoms with Crippen LogP contribution in [0.25, 0.3) is 0 Å². The first-order valence-electron chi connectivity index (χ1n) is 8.23. The van der Waals surface area contributed by atoms with E-state index < -0.39 is 0 Å². The van der Waals surface area contributed by atoms with E-state index in [1.165, 1.54) is 0 Å². The first-order chi connectivity index (χ1) is 12.2. The van der Waals surface area contributed by atoms with Crippen molar-refractivity contribution in [2.75, 3.05) is 11.9 Å². The zero-order valence-corrected chi connectivity index (χ0v) is 15.1. The van der Waals surface area contributed by atoms with Gasteiger partial charge in [0, 0.05) is 21.8 Å². The average molecular weight is 397 g/mol. The fourth-order valence-electron chi connectivity index (χ4n) is 3.21. The number of carbonyl (C=O) groups excluding carboxylic acids is 1. The Morgan fingerprint density at radius 3 is 2.84 bits per heavy atom. The van der Waals surface area contributed by atoms with E-state index in [1.54, 1.807) is 0 Å². The van der Waals surface area contributed by atoms with E-state index in [-0.39, 0.29) is 24.7 Å². The van der Waals surface area contributed by atoms with Gasteiger partial charge in [-0.05, 0) is 43.2 Å². The minimum absolute atomic E-state index is 0.0599. The third-order valence-corrected chi connectivity index (χ3v) is 4.97. The molecule has 4 nitrogen and oxygen atoms in total. The highest BCUT2D eigenvalue weighted by atomic mass is 79.9. The lowest BCUT2D eigenvalue weighted by Crippen LogP contribution is -2.44. The second-order valence-corrected chi connectivity index (χ2v) is 7.13. The summed E-state index contributed by atoms with van der Waals surface area (Å²) >= 11 is 3.52. The van der Waals surface area contributed by atoms with Crippen molar-refractivity contribution in [1.29, 1.82) is 0 Å². The molecule has 5 heteroatoms. The van der Waals surface area contributed by atoms with E-state index in [0.717, 1.165) is 28.6 Å². The van der Waals surface area contributed by atoms with Gasteiger partial charge in [-0.1, -0.05) is 34.0 Å². The molecule has 4 rings (SSSR count). The Hall–Kier alpha value is -2.45. The number of nitrogens with zero attached hydrogens (tertiary/aromatic N) is 1. The van der Waals surface area contributed by atoms with Gasteiger partial charge in [0.1, 0.15) is 18.5 Å². The summed E-state index contributed by atoms with van der Waals surface area (Å²) in [6.45, 7) is 0.190. The Kier molecular flexibility index (Phi) is 4.14. The van der Waals surface area contributed by atoms with Crippen molar-refractivity contribution in [3.63, 3.8) is 0 Å². The molecule has 0 unspecified atom stereocenters. The third-order valence-electron chi connectivity index (χ3n) is 4.48. The van der Waals surface area contributed by atoms with Crippen LogP contribution in [0.15, 0.2) is 46.9 Å². The second kappa shape index (κ2) is 6.45. The molecule has 1 heterocycles. The summed E-state index contributed by atoms with van der Waals surface area (Å²) in [6, 6.07) is 13.7. The topological polar surface area (TPSA) is 41.6 Å². The van der Waals surface area contributed by atoms with E-state index in [9.17, 15) is 4.79 Å². The summed E-state index contributed by atoms with van der Waals surface area (Å²) in [7, 11) is 0. The van der Waals surface area contributed by atoms with E-state index in [0.29, 0.717) is 11.3 Å². The summed E-state index contributed by atoms with van der Waals surface area (Å²) in [6.07, 6.45) is 7.12. The number of terminal acetylenes is 1. The van der Waals surface area contributed by atoms with E-state index in [4.69, 9.17) is 11.2 Å². The van der Waals surface area contributed by atoms with E-state index in [2.05, 4.69) is 27.2 Å². The molecule has 1 aliphatic heterocycles. The van der Waals surface area contributed by atoms with Gasteiger partial charge in [0.2, 0.25) is 0 Å². The van der Waals surface area contributed by atoms with Gasteiger partial charge in [-0.15, -0.1) is 6.42 Å². The Bertz CT molecular complexity index is 870. The first kappa shape index (κ1) is 16.0. The van der Waals surface area contributed by atoms with Crippen LogP contribution in [0.1, 0.15) is 34.9 Å². The first-order valence-corrected chi connectivity index (χ1v) is 9.02. The average Bonchev–Trinajstić information content (AvgIpc) is 3.45. The zero-order valence-electron chi connectivity index (χ0n) is 13.5. The van der Waals surface area contributed by atoms with Crippen molar-refractivity contribution >= 4 is 27.5 Å². The van der Waals surface area contributed by atoms with Crippen LogP contribution in [0.4, 0.5) is 5.69 Å². The summed E-state index contributed by atoms with van der Waals surface area (Å²) < 4.78 is 6.66. The molecule has 1 atom stereocenters. The predicted octanol–water partition coefficient (Wildman–Crippen LogP) is 4.19. The molecular weight excluding hydrogens is 380 g/mol. The molecule has 1 saturated carbocycles. The molecule has 2 aromatic carbocycles. The van der Waals surface area contributed by atoms with Gasteiger partial charge in [0.25, 0.3) is 5.91 Å². The summed E-state index contributed by atoms with van der Waals surface area (Å²) in [4.78, 5) is 15.0. The Balaban J connectivity index is 1.80. The van der Waals surface area contributed by atoms with Crippen LogP contribution in [-0.2, 0) is 0 Å². The molecule has 0 aromatic heterocycles. The summed E-state index contributed by atoms with van der Waals surface area (Å²) in [5.74, 6) is 3.25. The highest BCUT2D eigenvalue weighted by molar-refractivity contribution is 9.10. The van der Waals surface area contributed by atoms with E-state index in [1.807, 2.05) is 47.4 Å².